The van der Waals surface area contributed by atoms with Crippen LogP contribution in [0.15, 0.2) is 42.9 Å². The molecule has 0 aliphatic carbocycles. The van der Waals surface area contributed by atoms with E-state index in [1.54, 1.807) is 12.3 Å². The number of carbonyl (C=O) groups excluding carboxylic acids is 1. The monoisotopic (exact) mass is 239 g/mol. The number of rotatable bonds is 2. The first-order valence-electron chi connectivity index (χ1n) is 5.35. The highest BCUT2D eigenvalue weighted by atomic mass is 16.1. The largest absolute Gasteiger partial charge is 0.291 e. The molecule has 0 saturated carbocycles. The first-order chi connectivity index (χ1) is 8.84. The lowest BCUT2D eigenvalue weighted by Gasteiger charge is -2.04. The van der Waals surface area contributed by atoms with Crippen LogP contribution in [-0.4, -0.2) is 26.1 Å². The molecular weight excluding hydrogens is 230 g/mol. The van der Waals surface area contributed by atoms with Gasteiger partial charge in [-0.15, -0.1) is 0 Å². The van der Waals surface area contributed by atoms with Crippen LogP contribution in [0.5, 0.6) is 0 Å². The average molecular weight is 239 g/mol. The van der Waals surface area contributed by atoms with Crippen molar-refractivity contribution < 1.29 is 4.79 Å². The van der Waals surface area contributed by atoms with E-state index in [2.05, 4.69) is 25.5 Å². The van der Waals surface area contributed by atoms with Gasteiger partial charge in [-0.1, -0.05) is 18.2 Å². The zero-order valence-electron chi connectivity index (χ0n) is 9.29. The molecule has 0 radical (unpaired) electrons. The normalized spacial score (nSPS) is 10.4. The minimum Gasteiger partial charge on any atom is -0.291 e. The molecule has 0 fully saturated rings. The highest BCUT2D eigenvalue weighted by molar-refractivity contribution is 6.11. The van der Waals surface area contributed by atoms with Gasteiger partial charge in [0.25, 0.3) is 5.91 Å². The molecule has 0 unspecified atom stereocenters. The number of fused-ring (bicyclic) bond motifs is 1. The SMILES string of the molecule is O=C(Nc1ncn[nH]1)c1ccnc2ccccc12. The van der Waals surface area contributed by atoms with Gasteiger partial charge in [-0.05, 0) is 12.1 Å². The fourth-order valence-electron chi connectivity index (χ4n) is 1.73. The van der Waals surface area contributed by atoms with Gasteiger partial charge in [-0.2, -0.15) is 10.1 Å². The number of hydrogen-bond acceptors (Lipinski definition) is 4. The van der Waals surface area contributed by atoms with E-state index in [4.69, 9.17) is 0 Å². The summed E-state index contributed by atoms with van der Waals surface area (Å²) in [5.41, 5.74) is 1.33. The summed E-state index contributed by atoms with van der Waals surface area (Å²) in [6.45, 7) is 0. The molecule has 6 heteroatoms. The van der Waals surface area contributed by atoms with E-state index in [0.717, 1.165) is 10.9 Å². The number of nitrogens with zero attached hydrogens (tertiary/aromatic N) is 3. The molecule has 6 nitrogen and oxygen atoms in total. The maximum absolute atomic E-state index is 12.1. The van der Waals surface area contributed by atoms with Crippen molar-refractivity contribution in [2.75, 3.05) is 5.32 Å². The van der Waals surface area contributed by atoms with Gasteiger partial charge in [0.15, 0.2) is 0 Å². The van der Waals surface area contributed by atoms with Crippen LogP contribution < -0.4 is 5.32 Å². The molecule has 0 aliphatic heterocycles. The second-order valence-electron chi connectivity index (χ2n) is 3.66. The van der Waals surface area contributed by atoms with E-state index >= 15 is 0 Å². The third kappa shape index (κ3) is 1.80. The molecule has 2 aromatic heterocycles. The van der Waals surface area contributed by atoms with Crippen molar-refractivity contribution in [2.45, 2.75) is 0 Å². The van der Waals surface area contributed by atoms with Crippen molar-refractivity contribution in [1.29, 1.82) is 0 Å². The van der Waals surface area contributed by atoms with Crippen LogP contribution in [0.3, 0.4) is 0 Å². The Labute approximate surface area is 102 Å². The Morgan fingerprint density at radius 1 is 1.17 bits per heavy atom. The Morgan fingerprint density at radius 3 is 2.89 bits per heavy atom. The van der Waals surface area contributed by atoms with Crippen LogP contribution in [0.2, 0.25) is 0 Å². The fourth-order valence-corrected chi connectivity index (χ4v) is 1.73. The highest BCUT2D eigenvalue weighted by Gasteiger charge is 2.11. The van der Waals surface area contributed by atoms with Crippen molar-refractivity contribution in [3.8, 4) is 0 Å². The molecule has 0 bridgehead atoms. The molecule has 0 aliphatic rings. The lowest BCUT2D eigenvalue weighted by atomic mass is 10.1. The standard InChI is InChI=1S/C12H9N5O/c18-11(16-12-14-7-15-17-12)9-5-6-13-10-4-2-1-3-8(9)10/h1-7H,(H2,14,15,16,17,18). The Morgan fingerprint density at radius 2 is 2.06 bits per heavy atom. The van der Waals surface area contributed by atoms with Gasteiger partial charge in [0.1, 0.15) is 6.33 Å². The molecule has 0 spiro atoms. The predicted molar refractivity (Wildman–Crippen MR) is 66.1 cm³/mol. The molecule has 1 aromatic carbocycles. The van der Waals surface area contributed by atoms with Crippen LogP contribution in [0.1, 0.15) is 10.4 Å². The van der Waals surface area contributed by atoms with Gasteiger partial charge in [0, 0.05) is 11.6 Å². The third-order valence-corrected chi connectivity index (χ3v) is 2.54. The van der Waals surface area contributed by atoms with Crippen molar-refractivity contribution >= 4 is 22.8 Å². The summed E-state index contributed by atoms with van der Waals surface area (Å²) < 4.78 is 0. The van der Waals surface area contributed by atoms with Crippen molar-refractivity contribution in [2.24, 2.45) is 0 Å². The smallest absolute Gasteiger partial charge is 0.258 e. The molecule has 88 valence electrons. The van der Waals surface area contributed by atoms with Crippen molar-refractivity contribution in [1.82, 2.24) is 20.2 Å². The molecule has 0 saturated heterocycles. The number of nitrogens with one attached hydrogen (secondary N) is 2. The number of amides is 1. The summed E-state index contributed by atoms with van der Waals surface area (Å²) in [5.74, 6) is 0.0752. The third-order valence-electron chi connectivity index (χ3n) is 2.54. The molecule has 0 atom stereocenters. The van der Waals surface area contributed by atoms with Gasteiger partial charge < -0.3 is 0 Å². The predicted octanol–water partition coefficient (Wildman–Crippen LogP) is 1.61. The van der Waals surface area contributed by atoms with Crippen LogP contribution in [0, 0.1) is 0 Å². The van der Waals surface area contributed by atoms with Crippen LogP contribution >= 0.6 is 0 Å². The van der Waals surface area contributed by atoms with Gasteiger partial charge in [-0.25, -0.2) is 5.10 Å². The molecule has 2 heterocycles. The number of pyridine rings is 1. The summed E-state index contributed by atoms with van der Waals surface area (Å²) >= 11 is 0. The molecule has 18 heavy (non-hydrogen) atoms. The zero-order valence-corrected chi connectivity index (χ0v) is 9.29. The Kier molecular flexibility index (Phi) is 2.45. The highest BCUT2D eigenvalue weighted by Crippen LogP contribution is 2.16. The van der Waals surface area contributed by atoms with E-state index in [0.29, 0.717) is 11.5 Å². The summed E-state index contributed by atoms with van der Waals surface area (Å²) in [7, 11) is 0. The van der Waals surface area contributed by atoms with Crippen molar-refractivity contribution in [3.05, 3.63) is 48.4 Å². The second kappa shape index (κ2) is 4.25. The topological polar surface area (TPSA) is 83.6 Å². The maximum atomic E-state index is 12.1. The molecule has 3 aromatic rings. The van der Waals surface area contributed by atoms with Crippen LogP contribution in [0.4, 0.5) is 5.95 Å². The molecular formula is C12H9N5O. The van der Waals surface area contributed by atoms with Crippen molar-refractivity contribution in [3.63, 3.8) is 0 Å². The first kappa shape index (κ1) is 10.4. The number of benzene rings is 1. The number of hydrogen-bond donors (Lipinski definition) is 2. The fraction of sp³-hybridized carbons (Fsp3) is 0. The molecule has 3 rings (SSSR count). The Hall–Kier alpha value is -2.76. The van der Waals surface area contributed by atoms with E-state index in [1.165, 1.54) is 6.33 Å². The number of carbonyl (C=O) groups is 1. The summed E-state index contributed by atoms with van der Waals surface area (Å²) in [6, 6.07) is 9.15. The van der Waals surface area contributed by atoms with E-state index < -0.39 is 0 Å². The second-order valence-corrected chi connectivity index (χ2v) is 3.66. The van der Waals surface area contributed by atoms with Crippen LogP contribution in [-0.2, 0) is 0 Å². The average Bonchev–Trinajstić information content (AvgIpc) is 2.91. The van der Waals surface area contributed by atoms with E-state index in [9.17, 15) is 4.79 Å². The minimum absolute atomic E-state index is 0.245. The quantitative estimate of drug-likeness (QED) is 0.711. The van der Waals surface area contributed by atoms with E-state index in [-0.39, 0.29) is 5.91 Å². The Bertz CT molecular complexity index is 687. The number of H-pyrrole nitrogens is 1. The Balaban J connectivity index is 2.01. The number of para-hydroxylation sites is 1. The molecule has 1 amide bonds. The van der Waals surface area contributed by atoms with Gasteiger partial charge in [-0.3, -0.25) is 15.1 Å². The van der Waals surface area contributed by atoms with E-state index in [1.807, 2.05) is 24.3 Å². The first-order valence-corrected chi connectivity index (χ1v) is 5.35. The lowest BCUT2D eigenvalue weighted by Crippen LogP contribution is -2.13. The lowest BCUT2D eigenvalue weighted by molar-refractivity contribution is 0.102. The summed E-state index contributed by atoms with van der Waals surface area (Å²) in [5, 5.41) is 9.68. The number of aromatic amines is 1. The van der Waals surface area contributed by atoms with Gasteiger partial charge in [0.05, 0.1) is 11.1 Å². The van der Waals surface area contributed by atoms with Crippen LogP contribution in [0.25, 0.3) is 10.9 Å². The number of aromatic nitrogens is 4. The minimum atomic E-state index is -0.245. The summed E-state index contributed by atoms with van der Waals surface area (Å²) in [6.07, 6.45) is 2.94. The maximum Gasteiger partial charge on any atom is 0.258 e. The summed E-state index contributed by atoms with van der Waals surface area (Å²) in [4.78, 5) is 20.2. The zero-order chi connectivity index (χ0) is 12.4. The van der Waals surface area contributed by atoms with Gasteiger partial charge >= 0.3 is 0 Å². The molecule has 2 N–H and O–H groups in total. The number of anilines is 1. The van der Waals surface area contributed by atoms with Gasteiger partial charge in [0.2, 0.25) is 5.95 Å².